The number of anilines is 1. The molecule has 0 aliphatic heterocycles. The Morgan fingerprint density at radius 3 is 2.44 bits per heavy atom. The molecule has 4 nitrogen and oxygen atoms in total. The van der Waals surface area contributed by atoms with E-state index in [0.717, 1.165) is 17.7 Å². The number of hydrogen-bond acceptors (Lipinski definition) is 2. The van der Waals surface area contributed by atoms with Gasteiger partial charge in [-0.3, -0.25) is 9.59 Å². The van der Waals surface area contributed by atoms with Gasteiger partial charge in [-0.1, -0.05) is 18.6 Å². The minimum atomic E-state index is -1.20. The molecule has 0 atom stereocenters. The molecule has 1 fully saturated rings. The molecule has 1 aliphatic carbocycles. The summed E-state index contributed by atoms with van der Waals surface area (Å²) in [4.78, 5) is 25.1. The van der Waals surface area contributed by atoms with Crippen LogP contribution in [0, 0.1) is 12.3 Å². The average molecular weight is 247 g/mol. The lowest BCUT2D eigenvalue weighted by atomic mass is 9.68. The number of nitrogens with zero attached hydrogens (tertiary/aromatic N) is 1. The van der Waals surface area contributed by atoms with E-state index < -0.39 is 11.4 Å². The molecule has 96 valence electrons. The fraction of sp³-hybridized carbons (Fsp3) is 0.429. The van der Waals surface area contributed by atoms with E-state index in [1.54, 1.807) is 7.05 Å². The number of amides is 1. The smallest absolute Gasteiger partial charge is 0.319 e. The van der Waals surface area contributed by atoms with Gasteiger partial charge in [-0.25, -0.2) is 0 Å². The minimum absolute atomic E-state index is 0.313. The molecule has 1 aliphatic rings. The standard InChI is InChI=1S/C14H17NO3/c1-10-5-3-6-11(9-10)15(2)12(16)14(13(17)18)7-4-8-14/h3,5-6,9H,4,7-8H2,1-2H3,(H,17,18). The zero-order valence-corrected chi connectivity index (χ0v) is 10.6. The van der Waals surface area contributed by atoms with Gasteiger partial charge in [-0.15, -0.1) is 0 Å². The van der Waals surface area contributed by atoms with Crippen LogP contribution in [-0.4, -0.2) is 24.0 Å². The van der Waals surface area contributed by atoms with Crippen LogP contribution < -0.4 is 4.90 Å². The minimum Gasteiger partial charge on any atom is -0.480 e. The maximum Gasteiger partial charge on any atom is 0.319 e. The van der Waals surface area contributed by atoms with Gasteiger partial charge in [0.1, 0.15) is 5.41 Å². The van der Waals surface area contributed by atoms with E-state index in [1.165, 1.54) is 4.90 Å². The first-order valence-electron chi connectivity index (χ1n) is 6.05. The van der Waals surface area contributed by atoms with Gasteiger partial charge in [0.2, 0.25) is 5.91 Å². The highest BCUT2D eigenvalue weighted by atomic mass is 16.4. The number of carboxylic acid groups (broad SMARTS) is 1. The molecule has 1 amide bonds. The van der Waals surface area contributed by atoms with Crippen LogP contribution in [0.4, 0.5) is 5.69 Å². The molecule has 1 aromatic rings. The summed E-state index contributed by atoms with van der Waals surface area (Å²) in [6.07, 6.45) is 1.69. The molecule has 1 aromatic carbocycles. The highest BCUT2D eigenvalue weighted by Crippen LogP contribution is 2.43. The van der Waals surface area contributed by atoms with Gasteiger partial charge in [0.25, 0.3) is 0 Å². The molecule has 0 bridgehead atoms. The Bertz CT molecular complexity index is 492. The highest BCUT2D eigenvalue weighted by molar-refractivity contribution is 6.10. The third-order valence-electron chi connectivity index (χ3n) is 3.72. The molecule has 0 spiro atoms. The van der Waals surface area contributed by atoms with E-state index in [0.29, 0.717) is 12.8 Å². The van der Waals surface area contributed by atoms with Crippen LogP contribution in [0.15, 0.2) is 24.3 Å². The summed E-state index contributed by atoms with van der Waals surface area (Å²) < 4.78 is 0. The predicted molar refractivity (Wildman–Crippen MR) is 68.5 cm³/mol. The van der Waals surface area contributed by atoms with Crippen LogP contribution in [0.5, 0.6) is 0 Å². The number of carbonyl (C=O) groups excluding carboxylic acids is 1. The maximum absolute atomic E-state index is 12.3. The van der Waals surface area contributed by atoms with Crippen molar-refractivity contribution in [1.29, 1.82) is 0 Å². The Balaban J connectivity index is 2.26. The van der Waals surface area contributed by atoms with E-state index in [2.05, 4.69) is 0 Å². The second kappa shape index (κ2) is 4.44. The second-order valence-corrected chi connectivity index (χ2v) is 4.94. The summed E-state index contributed by atoms with van der Waals surface area (Å²) in [7, 11) is 1.64. The summed E-state index contributed by atoms with van der Waals surface area (Å²) in [5.41, 5.74) is 0.594. The van der Waals surface area contributed by atoms with Gasteiger partial charge in [0.15, 0.2) is 0 Å². The van der Waals surface area contributed by atoms with Gasteiger partial charge >= 0.3 is 5.97 Å². The number of hydrogen-bond donors (Lipinski definition) is 1. The molecular weight excluding hydrogens is 230 g/mol. The number of aliphatic carboxylic acids is 1. The number of carboxylic acids is 1. The first kappa shape index (κ1) is 12.6. The quantitative estimate of drug-likeness (QED) is 0.833. The van der Waals surface area contributed by atoms with Crippen molar-refractivity contribution >= 4 is 17.6 Å². The Hall–Kier alpha value is -1.84. The van der Waals surface area contributed by atoms with E-state index >= 15 is 0 Å². The number of rotatable bonds is 3. The van der Waals surface area contributed by atoms with Gasteiger partial charge in [0, 0.05) is 12.7 Å². The molecule has 0 heterocycles. The van der Waals surface area contributed by atoms with Gasteiger partial charge in [0.05, 0.1) is 0 Å². The predicted octanol–water partition coefficient (Wildman–Crippen LogP) is 2.21. The lowest BCUT2D eigenvalue weighted by Crippen LogP contribution is -2.51. The second-order valence-electron chi connectivity index (χ2n) is 4.94. The monoisotopic (exact) mass is 247 g/mol. The Labute approximate surface area is 106 Å². The van der Waals surface area contributed by atoms with E-state index in [4.69, 9.17) is 0 Å². The molecule has 0 aromatic heterocycles. The van der Waals surface area contributed by atoms with Crippen LogP contribution in [0.25, 0.3) is 0 Å². The zero-order chi connectivity index (χ0) is 13.3. The third-order valence-corrected chi connectivity index (χ3v) is 3.72. The summed E-state index contributed by atoms with van der Waals surface area (Å²) in [6.45, 7) is 1.94. The van der Waals surface area contributed by atoms with E-state index in [9.17, 15) is 14.7 Å². The third kappa shape index (κ3) is 1.88. The van der Waals surface area contributed by atoms with E-state index in [1.807, 2.05) is 31.2 Å². The largest absolute Gasteiger partial charge is 0.480 e. The van der Waals surface area contributed by atoms with Crippen LogP contribution >= 0.6 is 0 Å². The SMILES string of the molecule is Cc1cccc(N(C)C(=O)C2(C(=O)O)CCC2)c1. The summed E-state index contributed by atoms with van der Waals surface area (Å²) in [5, 5.41) is 9.26. The van der Waals surface area contributed by atoms with Crippen molar-refractivity contribution < 1.29 is 14.7 Å². The average Bonchev–Trinajstić information content (AvgIpc) is 2.25. The van der Waals surface area contributed by atoms with E-state index in [-0.39, 0.29) is 5.91 Å². The lowest BCUT2D eigenvalue weighted by molar-refractivity contribution is -0.160. The van der Waals surface area contributed by atoms with Crippen molar-refractivity contribution in [1.82, 2.24) is 0 Å². The van der Waals surface area contributed by atoms with Crippen molar-refractivity contribution in [2.45, 2.75) is 26.2 Å². The number of benzene rings is 1. The summed E-state index contributed by atoms with van der Waals surface area (Å²) >= 11 is 0. The van der Waals surface area contributed by atoms with Gasteiger partial charge in [-0.2, -0.15) is 0 Å². The van der Waals surface area contributed by atoms with Crippen LogP contribution in [0.2, 0.25) is 0 Å². The highest BCUT2D eigenvalue weighted by Gasteiger charge is 2.52. The molecule has 0 saturated heterocycles. The molecule has 0 unspecified atom stereocenters. The first-order chi connectivity index (χ1) is 8.47. The molecule has 1 saturated carbocycles. The summed E-state index contributed by atoms with van der Waals surface area (Å²) in [6, 6.07) is 7.51. The van der Waals surface area contributed by atoms with Crippen LogP contribution in [0.1, 0.15) is 24.8 Å². The van der Waals surface area contributed by atoms with Crippen molar-refractivity contribution in [3.05, 3.63) is 29.8 Å². The van der Waals surface area contributed by atoms with Crippen molar-refractivity contribution in [2.24, 2.45) is 5.41 Å². The first-order valence-corrected chi connectivity index (χ1v) is 6.05. The van der Waals surface area contributed by atoms with Crippen LogP contribution in [-0.2, 0) is 9.59 Å². The molecule has 4 heteroatoms. The number of aryl methyl sites for hydroxylation is 1. The van der Waals surface area contributed by atoms with Gasteiger partial charge in [-0.05, 0) is 37.5 Å². The Morgan fingerprint density at radius 2 is 2.00 bits per heavy atom. The molecule has 18 heavy (non-hydrogen) atoms. The molecule has 1 N–H and O–H groups in total. The van der Waals surface area contributed by atoms with Crippen molar-refractivity contribution in [3.63, 3.8) is 0 Å². The fourth-order valence-corrected chi connectivity index (χ4v) is 2.32. The van der Waals surface area contributed by atoms with Gasteiger partial charge < -0.3 is 10.0 Å². The normalized spacial score (nSPS) is 16.8. The maximum atomic E-state index is 12.3. The topological polar surface area (TPSA) is 57.6 Å². The van der Waals surface area contributed by atoms with Crippen LogP contribution in [0.3, 0.4) is 0 Å². The molecular formula is C14H17NO3. The van der Waals surface area contributed by atoms with Crippen molar-refractivity contribution in [3.8, 4) is 0 Å². The Morgan fingerprint density at radius 1 is 1.33 bits per heavy atom. The number of carbonyl (C=O) groups is 2. The lowest BCUT2D eigenvalue weighted by Gasteiger charge is -2.38. The summed E-state index contributed by atoms with van der Waals surface area (Å²) in [5.74, 6) is -1.31. The Kier molecular flexibility index (Phi) is 3.11. The van der Waals surface area contributed by atoms with Crippen molar-refractivity contribution in [2.75, 3.05) is 11.9 Å². The molecule has 0 radical (unpaired) electrons. The molecule has 2 rings (SSSR count). The fourth-order valence-electron chi connectivity index (χ4n) is 2.32. The zero-order valence-electron chi connectivity index (χ0n) is 10.6.